The van der Waals surface area contributed by atoms with Crippen LogP contribution >= 0.6 is 11.3 Å². The molecule has 0 saturated carbocycles. The molecule has 1 aromatic heterocycles. The van der Waals surface area contributed by atoms with Gasteiger partial charge in [-0.1, -0.05) is 20.8 Å². The quantitative estimate of drug-likeness (QED) is 0.770. The van der Waals surface area contributed by atoms with Crippen LogP contribution in [0.25, 0.3) is 0 Å². The van der Waals surface area contributed by atoms with E-state index in [0.29, 0.717) is 11.6 Å². The first kappa shape index (κ1) is 16.6. The maximum absolute atomic E-state index is 12.1. The second kappa shape index (κ2) is 6.81. The van der Waals surface area contributed by atoms with E-state index in [1.807, 2.05) is 20.8 Å². The third kappa shape index (κ3) is 4.90. The normalized spacial score (nSPS) is 12.8. The van der Waals surface area contributed by atoms with E-state index in [1.54, 1.807) is 5.38 Å². The summed E-state index contributed by atoms with van der Waals surface area (Å²) in [4.78, 5) is 27.1. The monoisotopic (exact) mass is 299 g/mol. The van der Waals surface area contributed by atoms with Crippen LogP contribution in [0.3, 0.4) is 0 Å². The minimum absolute atomic E-state index is 0.0103. The van der Waals surface area contributed by atoms with E-state index >= 15 is 0 Å². The van der Waals surface area contributed by atoms with Crippen LogP contribution in [0.4, 0.5) is 5.13 Å². The molecule has 0 aliphatic carbocycles. The summed E-state index contributed by atoms with van der Waals surface area (Å²) in [6, 6.07) is -0.147. The zero-order valence-corrected chi connectivity index (χ0v) is 13.0. The van der Waals surface area contributed by atoms with Gasteiger partial charge in [0.15, 0.2) is 5.13 Å². The van der Waals surface area contributed by atoms with Crippen molar-refractivity contribution in [1.29, 1.82) is 0 Å². The van der Waals surface area contributed by atoms with E-state index in [4.69, 9.17) is 5.11 Å². The number of carbonyl (C=O) groups excluding carboxylic acids is 2. The molecule has 0 aromatic carbocycles. The van der Waals surface area contributed by atoms with Crippen molar-refractivity contribution in [3.05, 3.63) is 11.1 Å². The van der Waals surface area contributed by atoms with Crippen LogP contribution in [-0.2, 0) is 4.79 Å². The van der Waals surface area contributed by atoms with Crippen LogP contribution < -0.4 is 10.6 Å². The van der Waals surface area contributed by atoms with Gasteiger partial charge >= 0.3 is 0 Å². The van der Waals surface area contributed by atoms with Crippen molar-refractivity contribution in [3.8, 4) is 0 Å². The molecule has 7 heteroatoms. The van der Waals surface area contributed by atoms with E-state index in [1.165, 1.54) is 18.3 Å². The summed E-state index contributed by atoms with van der Waals surface area (Å²) in [5, 5.41) is 16.5. The molecule has 1 heterocycles. The standard InChI is InChI=1S/C13H21N3O3S/c1-8(18)14-12-15-9(7-20-12)11(19)16-10(5-6-17)13(2,3)4/h7,10,17H,5-6H2,1-4H3,(H,16,19)(H,14,15,18). The Hall–Kier alpha value is -1.47. The van der Waals surface area contributed by atoms with E-state index in [0.717, 1.165) is 0 Å². The smallest absolute Gasteiger partial charge is 0.271 e. The lowest BCUT2D eigenvalue weighted by molar-refractivity contribution is -0.114. The fourth-order valence-electron chi connectivity index (χ4n) is 1.67. The van der Waals surface area contributed by atoms with Gasteiger partial charge in [0.1, 0.15) is 5.69 Å². The summed E-state index contributed by atoms with van der Waals surface area (Å²) in [5.41, 5.74) is 0.112. The van der Waals surface area contributed by atoms with Gasteiger partial charge in [0.2, 0.25) is 5.91 Å². The molecule has 0 spiro atoms. The molecule has 0 bridgehead atoms. The SMILES string of the molecule is CC(=O)Nc1nc(C(=O)NC(CCO)C(C)(C)C)cs1. The average molecular weight is 299 g/mol. The summed E-state index contributed by atoms with van der Waals surface area (Å²) in [6.07, 6.45) is 0.484. The largest absolute Gasteiger partial charge is 0.396 e. The number of nitrogens with one attached hydrogen (secondary N) is 2. The third-order valence-electron chi connectivity index (χ3n) is 2.79. The van der Waals surface area contributed by atoms with Crippen molar-refractivity contribution in [3.63, 3.8) is 0 Å². The maximum Gasteiger partial charge on any atom is 0.271 e. The highest BCUT2D eigenvalue weighted by Gasteiger charge is 2.26. The minimum Gasteiger partial charge on any atom is -0.396 e. The molecule has 1 aromatic rings. The van der Waals surface area contributed by atoms with Crippen molar-refractivity contribution in [1.82, 2.24) is 10.3 Å². The van der Waals surface area contributed by atoms with Crippen LogP contribution in [-0.4, -0.2) is 34.6 Å². The number of aliphatic hydroxyl groups is 1. The third-order valence-corrected chi connectivity index (χ3v) is 3.55. The molecular formula is C13H21N3O3S. The van der Waals surface area contributed by atoms with Crippen LogP contribution in [0.1, 0.15) is 44.6 Å². The number of hydrogen-bond donors (Lipinski definition) is 3. The van der Waals surface area contributed by atoms with Crippen LogP contribution in [0.5, 0.6) is 0 Å². The Morgan fingerprint density at radius 2 is 2.10 bits per heavy atom. The van der Waals surface area contributed by atoms with Gasteiger partial charge in [0, 0.05) is 25.0 Å². The minimum atomic E-state index is -0.300. The number of thiazole rings is 1. The highest BCUT2D eigenvalue weighted by atomic mass is 32.1. The van der Waals surface area contributed by atoms with E-state index in [9.17, 15) is 9.59 Å². The maximum atomic E-state index is 12.1. The molecule has 6 nitrogen and oxygen atoms in total. The summed E-state index contributed by atoms with van der Waals surface area (Å²) in [5.74, 6) is -0.523. The van der Waals surface area contributed by atoms with Crippen molar-refractivity contribution in [2.24, 2.45) is 5.41 Å². The van der Waals surface area contributed by atoms with Gasteiger partial charge in [-0.15, -0.1) is 11.3 Å². The number of anilines is 1. The molecule has 3 N–H and O–H groups in total. The van der Waals surface area contributed by atoms with Crippen molar-refractivity contribution >= 4 is 28.3 Å². The highest BCUT2D eigenvalue weighted by molar-refractivity contribution is 7.14. The van der Waals surface area contributed by atoms with Gasteiger partial charge in [-0.25, -0.2) is 4.98 Å². The number of carbonyl (C=O) groups is 2. The fourth-order valence-corrected chi connectivity index (χ4v) is 2.41. The molecule has 1 unspecified atom stereocenters. The molecular weight excluding hydrogens is 278 g/mol. The zero-order chi connectivity index (χ0) is 15.3. The van der Waals surface area contributed by atoms with Crippen LogP contribution in [0.15, 0.2) is 5.38 Å². The first-order valence-corrected chi connectivity index (χ1v) is 7.27. The molecule has 2 amide bonds. The number of aliphatic hydroxyl groups excluding tert-OH is 1. The fraction of sp³-hybridized carbons (Fsp3) is 0.615. The van der Waals surface area contributed by atoms with E-state index < -0.39 is 0 Å². The van der Waals surface area contributed by atoms with E-state index in [2.05, 4.69) is 15.6 Å². The van der Waals surface area contributed by atoms with Gasteiger partial charge in [-0.3, -0.25) is 9.59 Å². The van der Waals surface area contributed by atoms with Crippen molar-refractivity contribution in [2.75, 3.05) is 11.9 Å². The summed E-state index contributed by atoms with van der Waals surface area (Å²) < 4.78 is 0. The molecule has 0 aliphatic rings. The highest BCUT2D eigenvalue weighted by Crippen LogP contribution is 2.22. The van der Waals surface area contributed by atoms with Gasteiger partial charge in [-0.2, -0.15) is 0 Å². The Balaban J connectivity index is 2.74. The lowest BCUT2D eigenvalue weighted by Crippen LogP contribution is -2.44. The van der Waals surface area contributed by atoms with Gasteiger partial charge in [0.05, 0.1) is 0 Å². The van der Waals surface area contributed by atoms with Crippen LogP contribution in [0.2, 0.25) is 0 Å². The number of hydrogen-bond acceptors (Lipinski definition) is 5. The molecule has 0 fully saturated rings. The average Bonchev–Trinajstić information content (AvgIpc) is 2.74. The van der Waals surface area contributed by atoms with E-state index in [-0.39, 0.29) is 35.6 Å². The number of amides is 2. The predicted molar refractivity (Wildman–Crippen MR) is 78.8 cm³/mol. The number of aromatic nitrogens is 1. The molecule has 0 saturated heterocycles. The van der Waals surface area contributed by atoms with Gasteiger partial charge in [0.25, 0.3) is 5.91 Å². The first-order valence-electron chi connectivity index (χ1n) is 6.39. The van der Waals surface area contributed by atoms with Gasteiger partial charge < -0.3 is 15.7 Å². The lowest BCUT2D eigenvalue weighted by Gasteiger charge is -2.30. The summed E-state index contributed by atoms with van der Waals surface area (Å²) in [7, 11) is 0. The number of nitrogens with zero attached hydrogens (tertiary/aromatic N) is 1. The second-order valence-corrected chi connectivity index (χ2v) is 6.48. The molecule has 1 rings (SSSR count). The zero-order valence-electron chi connectivity index (χ0n) is 12.2. The topological polar surface area (TPSA) is 91.3 Å². The van der Waals surface area contributed by atoms with Crippen molar-refractivity contribution in [2.45, 2.75) is 40.2 Å². The summed E-state index contributed by atoms with van der Waals surface area (Å²) >= 11 is 1.20. The first-order chi connectivity index (χ1) is 9.24. The number of rotatable bonds is 5. The molecule has 0 aliphatic heterocycles. The Morgan fingerprint density at radius 1 is 1.45 bits per heavy atom. The molecule has 1 atom stereocenters. The Kier molecular flexibility index (Phi) is 5.64. The molecule has 20 heavy (non-hydrogen) atoms. The van der Waals surface area contributed by atoms with Gasteiger partial charge in [-0.05, 0) is 11.8 Å². The predicted octanol–water partition coefficient (Wildman–Crippen LogP) is 1.63. The lowest BCUT2D eigenvalue weighted by atomic mass is 9.85. The Bertz CT molecular complexity index is 479. The molecule has 112 valence electrons. The van der Waals surface area contributed by atoms with Crippen LogP contribution in [0, 0.1) is 5.41 Å². The van der Waals surface area contributed by atoms with Crippen molar-refractivity contribution < 1.29 is 14.7 Å². The Morgan fingerprint density at radius 3 is 2.60 bits per heavy atom. The Labute approximate surface area is 122 Å². The second-order valence-electron chi connectivity index (χ2n) is 5.62. The summed E-state index contributed by atoms with van der Waals surface area (Å²) in [6.45, 7) is 7.39. The molecule has 0 radical (unpaired) electrons.